The fraction of sp³-hybridized carbons (Fsp3) is 0.364. The summed E-state index contributed by atoms with van der Waals surface area (Å²) in [4.78, 5) is 2.27. The van der Waals surface area contributed by atoms with E-state index in [9.17, 15) is 13.5 Å². The second-order valence-corrected chi connectivity index (χ2v) is 10.0. The molecule has 2 N–H and O–H groups in total. The number of para-hydroxylation sites is 1. The minimum absolute atomic E-state index is 0.00961. The summed E-state index contributed by atoms with van der Waals surface area (Å²) in [6.07, 6.45) is 3.64. The maximum atomic E-state index is 12.8. The van der Waals surface area contributed by atoms with E-state index in [1.807, 2.05) is 24.5 Å². The fourth-order valence-corrected chi connectivity index (χ4v) is 5.45. The first-order chi connectivity index (χ1) is 15.4. The van der Waals surface area contributed by atoms with Gasteiger partial charge in [-0.3, -0.25) is 0 Å². The quantitative estimate of drug-likeness (QED) is 0.435. The number of nitrogens with one attached hydrogen (secondary N) is 1. The third kappa shape index (κ3) is 4.14. The third-order valence-electron chi connectivity index (χ3n) is 6.18. The molecule has 0 radical (unpaired) electrons. The van der Waals surface area contributed by atoms with Crippen LogP contribution in [0.4, 0.5) is 0 Å². The number of rotatable bonds is 7. The van der Waals surface area contributed by atoms with Gasteiger partial charge in [0.05, 0.1) is 11.9 Å². The summed E-state index contributed by atoms with van der Waals surface area (Å²) in [7, 11) is -3.86. The molecule has 0 amide bonds. The number of piperidine rings is 1. The van der Waals surface area contributed by atoms with Crippen LogP contribution in [0.5, 0.6) is 0 Å². The van der Waals surface area contributed by atoms with E-state index in [2.05, 4.69) is 30.6 Å². The summed E-state index contributed by atoms with van der Waals surface area (Å²) in [6.45, 7) is 2.18. The van der Waals surface area contributed by atoms with Crippen LogP contribution >= 0.6 is 0 Å². The number of fused-ring (bicyclic) bond motifs is 2. The maximum Gasteiger partial charge on any atom is 0.243 e. The first kappa shape index (κ1) is 21.1. The molecular formula is C22H24N4O5S. The number of aliphatic hydroxyl groups is 1. The standard InChI is InChI=1S/C22H24N4O5S/c27-22(15-23-32(28,29)20-7-3-5-18-21(20)25-31-24-18)9-12-26(13-10-22)11-8-16-14-30-19-6-2-1-4-17(16)19/h1-7,14,23,27H,8-13,15H2. The Bertz CT molecular complexity index is 1340. The largest absolute Gasteiger partial charge is 0.464 e. The SMILES string of the molecule is O=S(=O)(NCC1(O)CCN(CCc2coc3ccccc23)CC1)c1cccc2nonc12. The zero-order valence-electron chi connectivity index (χ0n) is 17.4. The Morgan fingerprint density at radius 3 is 2.75 bits per heavy atom. The van der Waals surface area contributed by atoms with Crippen molar-refractivity contribution in [2.75, 3.05) is 26.2 Å². The predicted octanol–water partition coefficient (Wildman–Crippen LogP) is 2.32. The van der Waals surface area contributed by atoms with E-state index < -0.39 is 15.6 Å². The second-order valence-electron chi connectivity index (χ2n) is 8.29. The molecule has 0 atom stereocenters. The van der Waals surface area contributed by atoms with E-state index in [4.69, 9.17) is 4.42 Å². The van der Waals surface area contributed by atoms with Crippen molar-refractivity contribution in [2.45, 2.75) is 29.8 Å². The van der Waals surface area contributed by atoms with Crippen LogP contribution in [0, 0.1) is 0 Å². The first-order valence-electron chi connectivity index (χ1n) is 10.5. The van der Waals surface area contributed by atoms with E-state index in [-0.39, 0.29) is 17.0 Å². The fourth-order valence-electron chi connectivity index (χ4n) is 4.18. The van der Waals surface area contributed by atoms with Gasteiger partial charge in [0.15, 0.2) is 5.52 Å². The molecule has 0 spiro atoms. The lowest BCUT2D eigenvalue weighted by Gasteiger charge is -2.38. The molecule has 10 heteroatoms. The van der Waals surface area contributed by atoms with Gasteiger partial charge in [-0.15, -0.1) is 0 Å². The van der Waals surface area contributed by atoms with Gasteiger partial charge < -0.3 is 14.4 Å². The zero-order valence-corrected chi connectivity index (χ0v) is 18.2. The van der Waals surface area contributed by atoms with Crippen LogP contribution < -0.4 is 4.72 Å². The summed E-state index contributed by atoms with van der Waals surface area (Å²) in [5.74, 6) is 0. The molecule has 9 nitrogen and oxygen atoms in total. The van der Waals surface area contributed by atoms with Crippen LogP contribution in [-0.4, -0.2) is 60.5 Å². The Balaban J connectivity index is 1.17. The van der Waals surface area contributed by atoms with Crippen molar-refractivity contribution in [1.29, 1.82) is 0 Å². The molecule has 4 aromatic rings. The minimum atomic E-state index is -3.86. The van der Waals surface area contributed by atoms with Crippen molar-refractivity contribution < 1.29 is 22.6 Å². The van der Waals surface area contributed by atoms with Crippen LogP contribution in [0.2, 0.25) is 0 Å². The summed E-state index contributed by atoms with van der Waals surface area (Å²) in [5, 5.41) is 19.4. The average Bonchev–Trinajstić information content (AvgIpc) is 3.44. The van der Waals surface area contributed by atoms with Gasteiger partial charge in [-0.25, -0.2) is 17.8 Å². The molecule has 5 rings (SSSR count). The number of likely N-dealkylation sites (tertiary alicyclic amines) is 1. The Kier molecular flexibility index (Phi) is 5.46. The smallest absolute Gasteiger partial charge is 0.243 e. The van der Waals surface area contributed by atoms with Crippen molar-refractivity contribution in [3.05, 3.63) is 54.3 Å². The van der Waals surface area contributed by atoms with E-state index in [1.165, 1.54) is 11.6 Å². The molecule has 0 aliphatic carbocycles. The van der Waals surface area contributed by atoms with Gasteiger partial charge >= 0.3 is 0 Å². The number of aromatic nitrogens is 2. The summed E-state index contributed by atoms with van der Waals surface area (Å²) >= 11 is 0. The van der Waals surface area contributed by atoms with Crippen molar-refractivity contribution in [3.8, 4) is 0 Å². The molecule has 0 saturated carbocycles. The van der Waals surface area contributed by atoms with Crippen molar-refractivity contribution >= 4 is 32.0 Å². The van der Waals surface area contributed by atoms with Crippen LogP contribution in [0.3, 0.4) is 0 Å². The van der Waals surface area contributed by atoms with Gasteiger partial charge in [0.2, 0.25) is 10.0 Å². The van der Waals surface area contributed by atoms with Gasteiger partial charge in [-0.2, -0.15) is 0 Å². The Hall–Kier alpha value is -2.79. The van der Waals surface area contributed by atoms with Crippen molar-refractivity contribution in [2.24, 2.45) is 0 Å². The van der Waals surface area contributed by atoms with Gasteiger partial charge in [0.1, 0.15) is 16.0 Å². The zero-order chi connectivity index (χ0) is 22.2. The highest BCUT2D eigenvalue weighted by Crippen LogP contribution is 2.25. The highest BCUT2D eigenvalue weighted by Gasteiger charge is 2.34. The lowest BCUT2D eigenvalue weighted by molar-refractivity contribution is -0.0158. The van der Waals surface area contributed by atoms with Gasteiger partial charge in [-0.05, 0) is 53.3 Å². The molecule has 32 heavy (non-hydrogen) atoms. The molecule has 0 unspecified atom stereocenters. The Labute approximate surface area is 185 Å². The number of sulfonamides is 1. The number of hydrogen-bond acceptors (Lipinski definition) is 8. The molecule has 0 bridgehead atoms. The van der Waals surface area contributed by atoms with E-state index in [0.717, 1.165) is 23.9 Å². The normalized spacial score (nSPS) is 17.3. The topological polar surface area (TPSA) is 122 Å². The minimum Gasteiger partial charge on any atom is -0.464 e. The van der Waals surface area contributed by atoms with E-state index in [1.54, 1.807) is 12.1 Å². The highest BCUT2D eigenvalue weighted by molar-refractivity contribution is 7.89. The molecule has 2 aromatic carbocycles. The van der Waals surface area contributed by atoms with Crippen LogP contribution in [0.25, 0.3) is 22.0 Å². The molecule has 1 aliphatic heterocycles. The molecule has 168 valence electrons. The van der Waals surface area contributed by atoms with E-state index in [0.29, 0.717) is 31.4 Å². The van der Waals surface area contributed by atoms with Crippen molar-refractivity contribution in [3.63, 3.8) is 0 Å². The lowest BCUT2D eigenvalue weighted by Crippen LogP contribution is -2.51. The molecule has 1 aliphatic rings. The Morgan fingerprint density at radius 1 is 1.09 bits per heavy atom. The van der Waals surface area contributed by atoms with Gasteiger partial charge in [-0.1, -0.05) is 24.3 Å². The van der Waals surface area contributed by atoms with Gasteiger partial charge in [0, 0.05) is 31.6 Å². The molecular weight excluding hydrogens is 432 g/mol. The average molecular weight is 457 g/mol. The van der Waals surface area contributed by atoms with Crippen molar-refractivity contribution in [1.82, 2.24) is 19.9 Å². The summed E-state index contributed by atoms with van der Waals surface area (Å²) in [6, 6.07) is 12.6. The number of nitrogens with zero attached hydrogens (tertiary/aromatic N) is 3. The maximum absolute atomic E-state index is 12.8. The van der Waals surface area contributed by atoms with E-state index >= 15 is 0 Å². The molecule has 1 saturated heterocycles. The third-order valence-corrected chi connectivity index (χ3v) is 7.61. The number of hydrogen-bond donors (Lipinski definition) is 2. The lowest BCUT2D eigenvalue weighted by atomic mass is 9.91. The first-order valence-corrected chi connectivity index (χ1v) is 12.0. The predicted molar refractivity (Wildman–Crippen MR) is 118 cm³/mol. The number of furan rings is 1. The summed E-state index contributed by atoms with van der Waals surface area (Å²) in [5.41, 5.74) is 1.51. The Morgan fingerprint density at radius 2 is 1.91 bits per heavy atom. The van der Waals surface area contributed by atoms with Crippen LogP contribution in [0.1, 0.15) is 18.4 Å². The molecule has 2 aromatic heterocycles. The highest BCUT2D eigenvalue weighted by atomic mass is 32.2. The van der Waals surface area contributed by atoms with Crippen LogP contribution in [-0.2, 0) is 16.4 Å². The number of benzene rings is 2. The molecule has 1 fully saturated rings. The van der Waals surface area contributed by atoms with Gasteiger partial charge in [0.25, 0.3) is 0 Å². The summed E-state index contributed by atoms with van der Waals surface area (Å²) < 4.78 is 38.4. The van der Waals surface area contributed by atoms with Crippen LogP contribution in [0.15, 0.2) is 62.7 Å². The molecule has 3 heterocycles. The monoisotopic (exact) mass is 456 g/mol. The second kappa shape index (κ2) is 8.28.